The molecule has 0 atom stereocenters. The topological polar surface area (TPSA) is 97.4 Å². The third kappa shape index (κ3) is 4.75. The molecule has 4 N–H and O–H groups in total. The Morgan fingerprint density at radius 3 is 2.41 bits per heavy atom. The normalized spacial score (nSPS) is 10.4. The fourth-order valence-corrected chi connectivity index (χ4v) is 2.60. The van der Waals surface area contributed by atoms with Crippen LogP contribution >= 0.6 is 11.6 Å². The number of amides is 2. The molecule has 7 heteroatoms. The molecule has 0 fully saturated rings. The smallest absolute Gasteiger partial charge is 0.291 e. The summed E-state index contributed by atoms with van der Waals surface area (Å²) in [5.74, 6) is -0.565. The molecule has 1 heterocycles. The first kappa shape index (κ1) is 18.7. The van der Waals surface area contributed by atoms with Gasteiger partial charge in [-0.3, -0.25) is 9.59 Å². The number of benzene rings is 2. The highest BCUT2D eigenvalue weighted by atomic mass is 35.5. The van der Waals surface area contributed by atoms with Crippen LogP contribution in [0.4, 0.5) is 5.69 Å². The van der Waals surface area contributed by atoms with Crippen molar-refractivity contribution in [2.45, 2.75) is 13.1 Å². The molecule has 6 nitrogen and oxygen atoms in total. The lowest BCUT2D eigenvalue weighted by Crippen LogP contribution is -2.23. The predicted octanol–water partition coefficient (Wildman–Crippen LogP) is 3.57. The van der Waals surface area contributed by atoms with E-state index in [-0.39, 0.29) is 11.7 Å². The number of carbonyl (C=O) groups excluding carboxylic acids is 2. The van der Waals surface area contributed by atoms with Gasteiger partial charge >= 0.3 is 0 Å². The Morgan fingerprint density at radius 1 is 1.00 bits per heavy atom. The van der Waals surface area contributed by atoms with Crippen LogP contribution in [0.15, 0.2) is 65.3 Å². The average Bonchev–Trinajstić information content (AvgIpc) is 3.23. The number of anilines is 1. The fourth-order valence-electron chi connectivity index (χ4n) is 2.43. The minimum Gasteiger partial charge on any atom is -0.459 e. The van der Waals surface area contributed by atoms with Crippen molar-refractivity contribution in [2.24, 2.45) is 5.73 Å². The molecule has 138 valence electrons. The predicted molar refractivity (Wildman–Crippen MR) is 104 cm³/mol. The molecule has 3 rings (SSSR count). The van der Waals surface area contributed by atoms with E-state index < -0.39 is 5.91 Å². The van der Waals surface area contributed by atoms with Crippen molar-refractivity contribution in [1.82, 2.24) is 5.32 Å². The van der Waals surface area contributed by atoms with Gasteiger partial charge in [-0.2, -0.15) is 0 Å². The van der Waals surface area contributed by atoms with Crippen molar-refractivity contribution in [3.63, 3.8) is 0 Å². The van der Waals surface area contributed by atoms with Crippen LogP contribution in [0.25, 0.3) is 0 Å². The first-order valence-corrected chi connectivity index (χ1v) is 8.65. The zero-order valence-electron chi connectivity index (χ0n) is 14.4. The summed E-state index contributed by atoms with van der Waals surface area (Å²) in [6, 6.07) is 15.5. The number of furan rings is 1. The van der Waals surface area contributed by atoms with Crippen molar-refractivity contribution < 1.29 is 14.0 Å². The third-order valence-electron chi connectivity index (χ3n) is 3.93. The van der Waals surface area contributed by atoms with Gasteiger partial charge in [0.15, 0.2) is 5.76 Å². The highest BCUT2D eigenvalue weighted by Crippen LogP contribution is 2.24. The zero-order valence-corrected chi connectivity index (χ0v) is 15.1. The van der Waals surface area contributed by atoms with Crippen LogP contribution in [0.2, 0.25) is 5.02 Å². The van der Waals surface area contributed by atoms with Crippen LogP contribution in [0.3, 0.4) is 0 Å². The summed E-state index contributed by atoms with van der Waals surface area (Å²) in [6.45, 7) is 0.852. The van der Waals surface area contributed by atoms with Crippen molar-refractivity contribution >= 4 is 29.1 Å². The van der Waals surface area contributed by atoms with Crippen LogP contribution in [0.5, 0.6) is 0 Å². The van der Waals surface area contributed by atoms with Gasteiger partial charge in [0.1, 0.15) is 0 Å². The molecule has 2 amide bonds. The van der Waals surface area contributed by atoms with Crippen LogP contribution in [0.1, 0.15) is 32.0 Å². The summed E-state index contributed by atoms with van der Waals surface area (Å²) in [5.41, 5.74) is 8.27. The van der Waals surface area contributed by atoms with Gasteiger partial charge in [-0.25, -0.2) is 0 Å². The van der Waals surface area contributed by atoms with Crippen molar-refractivity contribution in [1.29, 1.82) is 0 Å². The molecule has 0 spiro atoms. The molecule has 27 heavy (non-hydrogen) atoms. The molecular formula is C20H18ClN3O3. The van der Waals surface area contributed by atoms with E-state index in [4.69, 9.17) is 21.8 Å². The molecule has 3 aromatic rings. The average molecular weight is 384 g/mol. The van der Waals surface area contributed by atoms with E-state index in [1.165, 1.54) is 18.4 Å². The highest BCUT2D eigenvalue weighted by molar-refractivity contribution is 6.34. The number of halogens is 1. The Morgan fingerprint density at radius 2 is 1.74 bits per heavy atom. The SMILES string of the molecule is NCc1ccc(CNC(=O)c2ccc(Cl)c(NC(=O)c3ccco3)c2)cc1. The summed E-state index contributed by atoms with van der Waals surface area (Å²) in [7, 11) is 0. The van der Waals surface area contributed by atoms with Gasteiger partial charge in [0.25, 0.3) is 11.8 Å². The lowest BCUT2D eigenvalue weighted by Gasteiger charge is -2.10. The molecule has 0 aliphatic carbocycles. The maximum atomic E-state index is 12.4. The molecule has 2 aromatic carbocycles. The molecule has 0 saturated heterocycles. The van der Waals surface area contributed by atoms with Crippen molar-refractivity contribution in [3.8, 4) is 0 Å². The van der Waals surface area contributed by atoms with E-state index in [1.807, 2.05) is 24.3 Å². The number of rotatable bonds is 6. The largest absolute Gasteiger partial charge is 0.459 e. The molecule has 0 bridgehead atoms. The molecular weight excluding hydrogens is 366 g/mol. The molecule has 0 saturated carbocycles. The number of hydrogen-bond acceptors (Lipinski definition) is 4. The maximum absolute atomic E-state index is 12.4. The van der Waals surface area contributed by atoms with Crippen LogP contribution in [-0.2, 0) is 13.1 Å². The van der Waals surface area contributed by atoms with Gasteiger partial charge in [-0.15, -0.1) is 0 Å². The Kier molecular flexibility index (Phi) is 5.90. The van der Waals surface area contributed by atoms with Crippen molar-refractivity contribution in [2.75, 3.05) is 5.32 Å². The minimum atomic E-state index is -0.445. The van der Waals surface area contributed by atoms with E-state index in [0.717, 1.165) is 11.1 Å². The zero-order chi connectivity index (χ0) is 19.2. The molecule has 1 aromatic heterocycles. The van der Waals surface area contributed by atoms with E-state index in [1.54, 1.807) is 18.2 Å². The van der Waals surface area contributed by atoms with Crippen LogP contribution in [0, 0.1) is 0 Å². The second kappa shape index (κ2) is 8.53. The molecule has 0 aliphatic heterocycles. The quantitative estimate of drug-likeness (QED) is 0.606. The number of nitrogens with one attached hydrogen (secondary N) is 2. The number of hydrogen-bond donors (Lipinski definition) is 3. The van der Waals surface area contributed by atoms with Gasteiger partial charge in [0.2, 0.25) is 0 Å². The Labute approximate surface area is 161 Å². The molecule has 0 radical (unpaired) electrons. The van der Waals surface area contributed by atoms with Gasteiger partial charge in [-0.1, -0.05) is 35.9 Å². The monoisotopic (exact) mass is 383 g/mol. The van der Waals surface area contributed by atoms with E-state index in [9.17, 15) is 9.59 Å². The Bertz CT molecular complexity index is 938. The lowest BCUT2D eigenvalue weighted by molar-refractivity contribution is 0.0949. The molecule has 0 unspecified atom stereocenters. The lowest BCUT2D eigenvalue weighted by atomic mass is 10.1. The summed E-state index contributed by atoms with van der Waals surface area (Å²) in [5, 5.41) is 5.80. The van der Waals surface area contributed by atoms with Gasteiger partial charge in [0.05, 0.1) is 17.0 Å². The first-order chi connectivity index (χ1) is 13.1. The second-order valence-corrected chi connectivity index (χ2v) is 6.24. The second-order valence-electron chi connectivity index (χ2n) is 5.83. The third-order valence-corrected chi connectivity index (χ3v) is 4.26. The summed E-state index contributed by atoms with van der Waals surface area (Å²) in [6.07, 6.45) is 1.40. The number of carbonyl (C=O) groups is 2. The van der Waals surface area contributed by atoms with Crippen LogP contribution < -0.4 is 16.4 Å². The van der Waals surface area contributed by atoms with Gasteiger partial charge < -0.3 is 20.8 Å². The van der Waals surface area contributed by atoms with E-state index in [0.29, 0.717) is 29.4 Å². The molecule has 0 aliphatic rings. The highest BCUT2D eigenvalue weighted by Gasteiger charge is 2.13. The first-order valence-electron chi connectivity index (χ1n) is 8.27. The van der Waals surface area contributed by atoms with E-state index >= 15 is 0 Å². The minimum absolute atomic E-state index is 0.154. The fraction of sp³-hybridized carbons (Fsp3) is 0.100. The van der Waals surface area contributed by atoms with Gasteiger partial charge in [0, 0.05) is 18.7 Å². The summed E-state index contributed by atoms with van der Waals surface area (Å²) < 4.78 is 5.05. The summed E-state index contributed by atoms with van der Waals surface area (Å²) in [4.78, 5) is 24.5. The maximum Gasteiger partial charge on any atom is 0.291 e. The van der Waals surface area contributed by atoms with Crippen molar-refractivity contribution in [3.05, 3.63) is 88.3 Å². The Hall–Kier alpha value is -3.09. The summed E-state index contributed by atoms with van der Waals surface area (Å²) >= 11 is 6.12. The van der Waals surface area contributed by atoms with E-state index in [2.05, 4.69) is 10.6 Å². The van der Waals surface area contributed by atoms with Crippen LogP contribution in [-0.4, -0.2) is 11.8 Å². The Balaban J connectivity index is 1.66. The standard InChI is InChI=1S/C20H18ClN3O3/c21-16-8-7-15(10-17(16)24-20(26)18-2-1-9-27-18)19(25)23-12-14-5-3-13(11-22)4-6-14/h1-10H,11-12,22H2,(H,23,25)(H,24,26). The van der Waals surface area contributed by atoms with Gasteiger partial charge in [-0.05, 0) is 41.5 Å². The number of nitrogens with two attached hydrogens (primary N) is 1.